The molecule has 2 aromatic carbocycles. The normalized spacial score (nSPS) is 10.6. The van der Waals surface area contributed by atoms with Gasteiger partial charge in [-0.25, -0.2) is 4.79 Å². The lowest BCUT2D eigenvalue weighted by Gasteiger charge is -2.12. The second-order valence-corrected chi connectivity index (χ2v) is 6.52. The maximum Gasteiger partial charge on any atom is 0.338 e. The zero-order valence-corrected chi connectivity index (χ0v) is 16.4. The number of hydrogen-bond acceptors (Lipinski definition) is 6. The van der Waals surface area contributed by atoms with E-state index in [-0.39, 0.29) is 6.61 Å². The van der Waals surface area contributed by atoms with Crippen molar-refractivity contribution in [1.82, 2.24) is 5.16 Å². The highest BCUT2D eigenvalue weighted by Crippen LogP contribution is 2.30. The highest BCUT2D eigenvalue weighted by atomic mass is 16.5. The summed E-state index contributed by atoms with van der Waals surface area (Å²) in [5.41, 5.74) is 4.14. The summed E-state index contributed by atoms with van der Waals surface area (Å²) >= 11 is 0. The van der Waals surface area contributed by atoms with Gasteiger partial charge in [0, 0.05) is 0 Å². The van der Waals surface area contributed by atoms with Crippen molar-refractivity contribution in [2.24, 2.45) is 0 Å². The SMILES string of the molecule is COc1cc(C(=O)OCc2cccc(C)c2)ccc1OCc1c(C)noc1C. The summed E-state index contributed by atoms with van der Waals surface area (Å²) in [6, 6.07) is 12.8. The van der Waals surface area contributed by atoms with Crippen LogP contribution in [0.4, 0.5) is 0 Å². The second kappa shape index (κ2) is 8.61. The molecule has 6 heteroatoms. The van der Waals surface area contributed by atoms with Crippen LogP contribution in [0.15, 0.2) is 47.0 Å². The van der Waals surface area contributed by atoms with Crippen molar-refractivity contribution in [3.05, 3.63) is 76.2 Å². The second-order valence-electron chi connectivity index (χ2n) is 6.52. The zero-order chi connectivity index (χ0) is 20.1. The van der Waals surface area contributed by atoms with Gasteiger partial charge in [-0.1, -0.05) is 35.0 Å². The molecular formula is C22H23NO5. The van der Waals surface area contributed by atoms with Gasteiger partial charge < -0.3 is 18.7 Å². The Balaban J connectivity index is 1.67. The third-order valence-electron chi connectivity index (χ3n) is 4.40. The molecule has 0 saturated heterocycles. The standard InChI is InChI=1S/C22H23NO5/c1-14-6-5-7-17(10-14)12-27-22(24)18-8-9-20(21(11-18)25-4)26-13-19-15(2)23-28-16(19)3/h5-11H,12-13H2,1-4H3. The molecular weight excluding hydrogens is 358 g/mol. The number of nitrogens with zero attached hydrogens (tertiary/aromatic N) is 1. The molecule has 3 aromatic rings. The van der Waals surface area contributed by atoms with E-state index in [1.165, 1.54) is 7.11 Å². The average Bonchev–Trinajstić information content (AvgIpc) is 3.02. The van der Waals surface area contributed by atoms with Gasteiger partial charge in [-0.2, -0.15) is 0 Å². The average molecular weight is 381 g/mol. The van der Waals surface area contributed by atoms with Gasteiger partial charge in [-0.05, 0) is 44.5 Å². The first-order valence-electron chi connectivity index (χ1n) is 8.93. The number of aryl methyl sites for hydroxylation is 3. The maximum atomic E-state index is 12.4. The van der Waals surface area contributed by atoms with Gasteiger partial charge in [-0.3, -0.25) is 0 Å². The summed E-state index contributed by atoms with van der Waals surface area (Å²) in [7, 11) is 1.53. The maximum absolute atomic E-state index is 12.4. The van der Waals surface area contributed by atoms with E-state index in [0.717, 1.165) is 22.4 Å². The molecule has 0 N–H and O–H groups in total. The Hall–Kier alpha value is -3.28. The molecule has 0 atom stereocenters. The molecule has 0 unspecified atom stereocenters. The first-order chi connectivity index (χ1) is 13.5. The van der Waals surface area contributed by atoms with Crippen molar-refractivity contribution < 1.29 is 23.5 Å². The van der Waals surface area contributed by atoms with Gasteiger partial charge in [0.15, 0.2) is 11.5 Å². The predicted octanol–water partition coefficient (Wildman–Crippen LogP) is 4.54. The summed E-state index contributed by atoms with van der Waals surface area (Å²) < 4.78 is 21.7. The predicted molar refractivity (Wildman–Crippen MR) is 104 cm³/mol. The molecule has 146 valence electrons. The Morgan fingerprint density at radius 2 is 1.86 bits per heavy atom. The molecule has 1 heterocycles. The van der Waals surface area contributed by atoms with Crippen LogP contribution >= 0.6 is 0 Å². The number of ether oxygens (including phenoxy) is 3. The number of benzene rings is 2. The van der Waals surface area contributed by atoms with Crippen LogP contribution in [0, 0.1) is 20.8 Å². The first kappa shape index (κ1) is 19.5. The lowest BCUT2D eigenvalue weighted by Crippen LogP contribution is -2.06. The van der Waals surface area contributed by atoms with Crippen LogP contribution < -0.4 is 9.47 Å². The molecule has 0 saturated carbocycles. The first-order valence-corrected chi connectivity index (χ1v) is 8.93. The van der Waals surface area contributed by atoms with E-state index < -0.39 is 5.97 Å². The van der Waals surface area contributed by atoms with E-state index in [4.69, 9.17) is 18.7 Å². The molecule has 0 aliphatic heterocycles. The highest BCUT2D eigenvalue weighted by molar-refractivity contribution is 5.90. The van der Waals surface area contributed by atoms with Crippen molar-refractivity contribution in [3.8, 4) is 11.5 Å². The van der Waals surface area contributed by atoms with Crippen LogP contribution in [0.1, 0.15) is 38.5 Å². The number of hydrogen-bond donors (Lipinski definition) is 0. The molecule has 0 aliphatic rings. The minimum absolute atomic E-state index is 0.215. The van der Waals surface area contributed by atoms with Crippen molar-refractivity contribution in [1.29, 1.82) is 0 Å². The molecule has 0 radical (unpaired) electrons. The van der Waals surface area contributed by atoms with Gasteiger partial charge in [-0.15, -0.1) is 0 Å². The molecule has 1 aromatic heterocycles. The summed E-state index contributed by atoms with van der Waals surface area (Å²) in [6.45, 7) is 6.21. The lowest BCUT2D eigenvalue weighted by atomic mass is 10.1. The van der Waals surface area contributed by atoms with Crippen molar-refractivity contribution in [3.63, 3.8) is 0 Å². The van der Waals surface area contributed by atoms with E-state index in [2.05, 4.69) is 5.16 Å². The minimum Gasteiger partial charge on any atom is -0.493 e. The number of carbonyl (C=O) groups excluding carboxylic acids is 1. The highest BCUT2D eigenvalue weighted by Gasteiger charge is 2.15. The number of methoxy groups -OCH3 is 1. The van der Waals surface area contributed by atoms with Crippen LogP contribution in [0.25, 0.3) is 0 Å². The smallest absolute Gasteiger partial charge is 0.338 e. The summed E-state index contributed by atoms with van der Waals surface area (Å²) in [6.07, 6.45) is 0. The summed E-state index contributed by atoms with van der Waals surface area (Å²) in [5, 5.41) is 3.91. The lowest BCUT2D eigenvalue weighted by molar-refractivity contribution is 0.0472. The van der Waals surface area contributed by atoms with Crippen LogP contribution in [-0.4, -0.2) is 18.2 Å². The fourth-order valence-corrected chi connectivity index (χ4v) is 2.81. The molecule has 0 bridgehead atoms. The molecule has 6 nitrogen and oxygen atoms in total. The molecule has 0 fully saturated rings. The third-order valence-corrected chi connectivity index (χ3v) is 4.40. The van der Waals surface area contributed by atoms with Crippen molar-refractivity contribution >= 4 is 5.97 Å². The van der Waals surface area contributed by atoms with Crippen molar-refractivity contribution in [2.75, 3.05) is 7.11 Å². The van der Waals surface area contributed by atoms with Gasteiger partial charge in [0.25, 0.3) is 0 Å². The largest absolute Gasteiger partial charge is 0.493 e. The topological polar surface area (TPSA) is 70.8 Å². The van der Waals surface area contributed by atoms with Crippen LogP contribution in [-0.2, 0) is 18.0 Å². The Kier molecular flexibility index (Phi) is 5.99. The Bertz CT molecular complexity index is 957. The molecule has 28 heavy (non-hydrogen) atoms. The number of aromatic nitrogens is 1. The quantitative estimate of drug-likeness (QED) is 0.560. The van der Waals surface area contributed by atoms with Crippen LogP contribution in [0.3, 0.4) is 0 Å². The van der Waals surface area contributed by atoms with E-state index in [1.54, 1.807) is 18.2 Å². The molecule has 0 aliphatic carbocycles. The van der Waals surface area contributed by atoms with Crippen LogP contribution in [0.5, 0.6) is 11.5 Å². The minimum atomic E-state index is -0.419. The van der Waals surface area contributed by atoms with Gasteiger partial charge in [0.1, 0.15) is 19.0 Å². The monoisotopic (exact) mass is 381 g/mol. The van der Waals surface area contributed by atoms with Gasteiger partial charge >= 0.3 is 5.97 Å². The van der Waals surface area contributed by atoms with E-state index in [9.17, 15) is 4.79 Å². The van der Waals surface area contributed by atoms with Gasteiger partial charge in [0.05, 0.1) is 23.9 Å². The molecule has 3 rings (SSSR count). The Labute approximate surface area is 164 Å². The Morgan fingerprint density at radius 1 is 1.04 bits per heavy atom. The fraction of sp³-hybridized carbons (Fsp3) is 0.273. The third kappa shape index (κ3) is 4.52. The molecule has 0 amide bonds. The number of esters is 1. The summed E-state index contributed by atoms with van der Waals surface area (Å²) in [5.74, 6) is 1.28. The fourth-order valence-electron chi connectivity index (χ4n) is 2.81. The van der Waals surface area contributed by atoms with E-state index in [0.29, 0.717) is 29.4 Å². The zero-order valence-electron chi connectivity index (χ0n) is 16.4. The van der Waals surface area contributed by atoms with Crippen molar-refractivity contribution in [2.45, 2.75) is 34.0 Å². The molecule has 0 spiro atoms. The summed E-state index contributed by atoms with van der Waals surface area (Å²) in [4.78, 5) is 12.4. The van der Waals surface area contributed by atoms with Gasteiger partial charge in [0.2, 0.25) is 0 Å². The van der Waals surface area contributed by atoms with Crippen LogP contribution in [0.2, 0.25) is 0 Å². The number of rotatable bonds is 7. The van der Waals surface area contributed by atoms with E-state index in [1.807, 2.05) is 45.0 Å². The Morgan fingerprint density at radius 3 is 2.54 bits per heavy atom. The van der Waals surface area contributed by atoms with E-state index >= 15 is 0 Å². The number of carbonyl (C=O) groups is 1.